The lowest BCUT2D eigenvalue weighted by atomic mass is 10.2. The molecule has 0 aliphatic heterocycles. The molecule has 17 heavy (non-hydrogen) atoms. The van der Waals surface area contributed by atoms with Gasteiger partial charge in [0, 0.05) is 31.5 Å². The van der Waals surface area contributed by atoms with E-state index in [2.05, 4.69) is 10.3 Å². The van der Waals surface area contributed by atoms with Crippen molar-refractivity contribution in [3.63, 3.8) is 0 Å². The first-order valence-corrected chi connectivity index (χ1v) is 6.12. The van der Waals surface area contributed by atoms with Crippen LogP contribution in [0, 0.1) is 6.92 Å². The second-order valence-electron chi connectivity index (χ2n) is 4.44. The maximum Gasteiger partial charge on any atom is 0.257 e. The van der Waals surface area contributed by atoms with E-state index in [0.717, 1.165) is 30.8 Å². The van der Waals surface area contributed by atoms with Gasteiger partial charge in [-0.25, -0.2) is 0 Å². The van der Waals surface area contributed by atoms with Crippen molar-refractivity contribution in [3.05, 3.63) is 23.5 Å². The van der Waals surface area contributed by atoms with Crippen molar-refractivity contribution in [2.45, 2.75) is 32.7 Å². The van der Waals surface area contributed by atoms with E-state index in [-0.39, 0.29) is 5.91 Å². The topological polar surface area (TPSA) is 45.2 Å². The Bertz CT molecular complexity index is 427. The molecular formula is C13H19N3O. The quantitative estimate of drug-likeness (QED) is 0.865. The Labute approximate surface area is 102 Å². The molecule has 1 aromatic rings. The first-order valence-electron chi connectivity index (χ1n) is 6.12. The molecule has 1 aromatic heterocycles. The molecule has 1 aliphatic rings. The van der Waals surface area contributed by atoms with Gasteiger partial charge in [-0.2, -0.15) is 0 Å². The summed E-state index contributed by atoms with van der Waals surface area (Å²) in [5, 5.41) is 3.07. The van der Waals surface area contributed by atoms with Crippen LogP contribution in [0.4, 0.5) is 5.69 Å². The van der Waals surface area contributed by atoms with Crippen LogP contribution in [0.15, 0.2) is 12.3 Å². The van der Waals surface area contributed by atoms with Gasteiger partial charge in [0.15, 0.2) is 0 Å². The summed E-state index contributed by atoms with van der Waals surface area (Å²) >= 11 is 0. The first-order chi connectivity index (χ1) is 8.17. The normalized spacial score (nSPS) is 14.5. The van der Waals surface area contributed by atoms with Gasteiger partial charge >= 0.3 is 0 Å². The zero-order valence-electron chi connectivity index (χ0n) is 10.7. The number of nitrogens with zero attached hydrogens (tertiary/aromatic N) is 2. The highest BCUT2D eigenvalue weighted by Gasteiger charge is 2.32. The van der Waals surface area contributed by atoms with E-state index < -0.39 is 0 Å². The molecule has 1 aliphatic carbocycles. The van der Waals surface area contributed by atoms with Gasteiger partial charge in [0.1, 0.15) is 0 Å². The molecule has 1 N–H and O–H groups in total. The third-order valence-corrected chi connectivity index (χ3v) is 3.13. The average molecular weight is 233 g/mol. The summed E-state index contributed by atoms with van der Waals surface area (Å²) in [6.45, 7) is 4.71. The van der Waals surface area contributed by atoms with Crippen molar-refractivity contribution in [1.82, 2.24) is 9.88 Å². The molecule has 0 unspecified atom stereocenters. The zero-order chi connectivity index (χ0) is 12.4. The van der Waals surface area contributed by atoms with E-state index in [9.17, 15) is 4.79 Å². The summed E-state index contributed by atoms with van der Waals surface area (Å²) in [4.78, 5) is 18.5. The Kier molecular flexibility index (Phi) is 3.31. The largest absolute Gasteiger partial charge is 0.387 e. The molecule has 1 heterocycles. The molecule has 1 saturated carbocycles. The van der Waals surface area contributed by atoms with Gasteiger partial charge in [-0.15, -0.1) is 0 Å². The number of nitrogens with one attached hydrogen (secondary N) is 1. The molecule has 4 nitrogen and oxygen atoms in total. The minimum absolute atomic E-state index is 0.0897. The Hall–Kier alpha value is -1.58. The van der Waals surface area contributed by atoms with Gasteiger partial charge in [-0.05, 0) is 32.8 Å². The molecule has 0 spiro atoms. The number of carbonyl (C=O) groups excluding carboxylic acids is 1. The zero-order valence-corrected chi connectivity index (χ0v) is 10.7. The van der Waals surface area contributed by atoms with Crippen LogP contribution in [0.2, 0.25) is 0 Å². The van der Waals surface area contributed by atoms with Gasteiger partial charge in [0.05, 0.1) is 11.3 Å². The SMILES string of the molecule is CCN(C(=O)c1cnc(C)cc1NC)C1CC1. The maximum atomic E-state index is 12.4. The summed E-state index contributed by atoms with van der Waals surface area (Å²) in [6.07, 6.45) is 3.94. The van der Waals surface area contributed by atoms with Crippen LogP contribution in [-0.4, -0.2) is 35.4 Å². The van der Waals surface area contributed by atoms with Crippen molar-refractivity contribution in [1.29, 1.82) is 0 Å². The van der Waals surface area contributed by atoms with E-state index in [1.165, 1.54) is 0 Å². The molecule has 1 amide bonds. The third-order valence-electron chi connectivity index (χ3n) is 3.13. The average Bonchev–Trinajstić information content (AvgIpc) is 3.14. The number of amides is 1. The molecule has 4 heteroatoms. The number of carbonyl (C=O) groups is 1. The first kappa shape index (κ1) is 11.9. The second kappa shape index (κ2) is 4.73. The lowest BCUT2D eigenvalue weighted by molar-refractivity contribution is 0.0753. The molecule has 0 aromatic carbocycles. The molecular weight excluding hydrogens is 214 g/mol. The molecule has 0 atom stereocenters. The summed E-state index contributed by atoms with van der Waals surface area (Å²) < 4.78 is 0. The number of aryl methyl sites for hydroxylation is 1. The lowest BCUT2D eigenvalue weighted by Gasteiger charge is -2.21. The van der Waals surface area contributed by atoms with Gasteiger partial charge in [-0.1, -0.05) is 0 Å². The van der Waals surface area contributed by atoms with Crippen LogP contribution in [0.1, 0.15) is 35.8 Å². The van der Waals surface area contributed by atoms with Crippen LogP contribution >= 0.6 is 0 Å². The van der Waals surface area contributed by atoms with Gasteiger partial charge < -0.3 is 10.2 Å². The summed E-state index contributed by atoms with van der Waals surface area (Å²) in [5.41, 5.74) is 2.45. The second-order valence-corrected chi connectivity index (χ2v) is 4.44. The van der Waals surface area contributed by atoms with Crippen molar-refractivity contribution in [3.8, 4) is 0 Å². The fraction of sp³-hybridized carbons (Fsp3) is 0.538. The molecule has 1 fully saturated rings. The fourth-order valence-electron chi connectivity index (χ4n) is 2.05. The predicted octanol–water partition coefficient (Wildman–Crippen LogP) is 2.06. The maximum absolute atomic E-state index is 12.4. The van der Waals surface area contributed by atoms with Crippen molar-refractivity contribution < 1.29 is 4.79 Å². The monoisotopic (exact) mass is 233 g/mol. The predicted molar refractivity (Wildman–Crippen MR) is 68.3 cm³/mol. The van der Waals surface area contributed by atoms with Gasteiger partial charge in [0.25, 0.3) is 5.91 Å². The highest BCUT2D eigenvalue weighted by Crippen LogP contribution is 2.29. The molecule has 0 radical (unpaired) electrons. The Balaban J connectivity index is 2.28. The van der Waals surface area contributed by atoms with Crippen molar-refractivity contribution in [2.75, 3.05) is 18.9 Å². The van der Waals surface area contributed by atoms with Crippen LogP contribution in [0.25, 0.3) is 0 Å². The van der Waals surface area contributed by atoms with E-state index in [1.807, 2.05) is 31.9 Å². The van der Waals surface area contributed by atoms with Crippen LogP contribution in [0.5, 0.6) is 0 Å². The van der Waals surface area contributed by atoms with Gasteiger partial charge in [-0.3, -0.25) is 9.78 Å². The van der Waals surface area contributed by atoms with Gasteiger partial charge in [0.2, 0.25) is 0 Å². The fourth-order valence-corrected chi connectivity index (χ4v) is 2.05. The number of aromatic nitrogens is 1. The van der Waals surface area contributed by atoms with E-state index in [4.69, 9.17) is 0 Å². The summed E-state index contributed by atoms with van der Waals surface area (Å²) in [7, 11) is 1.83. The Morgan fingerprint density at radius 2 is 2.29 bits per heavy atom. The van der Waals surface area contributed by atoms with E-state index in [0.29, 0.717) is 11.6 Å². The number of hydrogen-bond acceptors (Lipinski definition) is 3. The smallest absolute Gasteiger partial charge is 0.257 e. The van der Waals surface area contributed by atoms with Crippen LogP contribution in [0.3, 0.4) is 0 Å². The number of rotatable bonds is 4. The minimum atomic E-state index is 0.0897. The highest BCUT2D eigenvalue weighted by molar-refractivity contribution is 5.99. The summed E-state index contributed by atoms with van der Waals surface area (Å²) in [6, 6.07) is 2.35. The van der Waals surface area contributed by atoms with E-state index >= 15 is 0 Å². The van der Waals surface area contributed by atoms with E-state index in [1.54, 1.807) is 6.20 Å². The van der Waals surface area contributed by atoms with Crippen LogP contribution in [-0.2, 0) is 0 Å². The number of anilines is 1. The minimum Gasteiger partial charge on any atom is -0.387 e. The number of hydrogen-bond donors (Lipinski definition) is 1. The lowest BCUT2D eigenvalue weighted by Crippen LogP contribution is -2.33. The molecule has 2 rings (SSSR count). The molecule has 92 valence electrons. The molecule has 0 bridgehead atoms. The Morgan fingerprint density at radius 1 is 1.59 bits per heavy atom. The standard InChI is InChI=1S/C13H19N3O/c1-4-16(10-5-6-10)13(17)11-8-15-9(2)7-12(11)14-3/h7-8,10H,4-6H2,1-3H3,(H,14,15). The summed E-state index contributed by atoms with van der Waals surface area (Å²) in [5.74, 6) is 0.0897. The molecule has 0 saturated heterocycles. The Morgan fingerprint density at radius 3 is 2.82 bits per heavy atom. The van der Waals surface area contributed by atoms with Crippen molar-refractivity contribution in [2.24, 2.45) is 0 Å². The number of pyridine rings is 1. The van der Waals surface area contributed by atoms with Crippen molar-refractivity contribution >= 4 is 11.6 Å². The van der Waals surface area contributed by atoms with Crippen LogP contribution < -0.4 is 5.32 Å². The highest BCUT2D eigenvalue weighted by atomic mass is 16.2. The third kappa shape index (κ3) is 2.40.